The molecule has 0 aromatic carbocycles. The van der Waals surface area contributed by atoms with Crippen LogP contribution in [0.2, 0.25) is 0 Å². The molecule has 2 saturated heterocycles. The fraction of sp³-hybridized carbons (Fsp3) is 0.750. The molecule has 2 aliphatic heterocycles. The van der Waals surface area contributed by atoms with Crippen molar-refractivity contribution in [2.24, 2.45) is 11.3 Å². The fourth-order valence-electron chi connectivity index (χ4n) is 4.20. The first-order chi connectivity index (χ1) is 10.2. The van der Waals surface area contributed by atoms with Crippen LogP contribution >= 0.6 is 0 Å². The van der Waals surface area contributed by atoms with E-state index in [-0.39, 0.29) is 12.0 Å². The van der Waals surface area contributed by atoms with Crippen molar-refractivity contribution in [2.45, 2.75) is 32.6 Å². The van der Waals surface area contributed by atoms with Crippen LogP contribution in [0, 0.1) is 18.3 Å². The number of fused-ring (bicyclic) bond motifs is 2. The maximum atomic E-state index is 9.90. The van der Waals surface area contributed by atoms with Crippen LogP contribution in [0.4, 0.5) is 5.95 Å². The van der Waals surface area contributed by atoms with E-state index in [9.17, 15) is 5.11 Å². The second kappa shape index (κ2) is 4.92. The fourth-order valence-corrected chi connectivity index (χ4v) is 4.20. The van der Waals surface area contributed by atoms with Gasteiger partial charge in [0, 0.05) is 42.4 Å². The molecule has 0 bridgehead atoms. The first-order valence-electron chi connectivity index (χ1n) is 8.02. The smallest absolute Gasteiger partial charge is 0.225 e. The highest BCUT2D eigenvalue weighted by Crippen LogP contribution is 2.42. The summed E-state index contributed by atoms with van der Waals surface area (Å²) in [6.45, 7) is 5.61. The molecule has 2 fully saturated rings. The van der Waals surface area contributed by atoms with Crippen molar-refractivity contribution >= 4 is 5.95 Å². The summed E-state index contributed by atoms with van der Waals surface area (Å²) in [6, 6.07) is 0. The minimum Gasteiger partial charge on any atom is -0.396 e. The molecule has 5 heteroatoms. The van der Waals surface area contributed by atoms with Crippen molar-refractivity contribution in [1.82, 2.24) is 9.97 Å². The number of aryl methyl sites for hydroxylation is 2. The van der Waals surface area contributed by atoms with Gasteiger partial charge in [0.25, 0.3) is 0 Å². The first kappa shape index (κ1) is 13.5. The molecule has 114 valence electrons. The van der Waals surface area contributed by atoms with Crippen molar-refractivity contribution < 1.29 is 9.84 Å². The molecular formula is C16H23N3O2. The van der Waals surface area contributed by atoms with Crippen molar-refractivity contribution in [1.29, 1.82) is 0 Å². The average molecular weight is 289 g/mol. The second-order valence-electron chi connectivity index (χ2n) is 6.81. The molecule has 1 aromatic heterocycles. The van der Waals surface area contributed by atoms with Crippen LogP contribution in [0.5, 0.6) is 0 Å². The normalized spacial score (nSPS) is 31.3. The standard InChI is InChI=1S/C16H23N3O2/c1-11-13-3-2-4-14(13)18-15(17-11)19-7-12-8-21-6-5-16(12,9-19)10-20/h12,20H,2-10H2,1H3/t12-,16-/m1/s1. The molecule has 0 amide bonds. The molecule has 0 radical (unpaired) electrons. The van der Waals surface area contributed by atoms with Crippen LogP contribution in [0.25, 0.3) is 0 Å². The van der Waals surface area contributed by atoms with E-state index in [2.05, 4.69) is 11.8 Å². The molecule has 3 heterocycles. The van der Waals surface area contributed by atoms with E-state index in [1.807, 2.05) is 0 Å². The van der Waals surface area contributed by atoms with E-state index in [0.29, 0.717) is 5.92 Å². The Labute approximate surface area is 125 Å². The van der Waals surface area contributed by atoms with Crippen molar-refractivity contribution in [3.8, 4) is 0 Å². The summed E-state index contributed by atoms with van der Waals surface area (Å²) in [5, 5.41) is 9.90. The van der Waals surface area contributed by atoms with Crippen LogP contribution in [0.3, 0.4) is 0 Å². The highest BCUT2D eigenvalue weighted by Gasteiger charge is 2.48. The molecule has 0 saturated carbocycles. The monoisotopic (exact) mass is 289 g/mol. The Morgan fingerprint density at radius 1 is 1.38 bits per heavy atom. The summed E-state index contributed by atoms with van der Waals surface area (Å²) in [4.78, 5) is 11.8. The Kier molecular flexibility index (Phi) is 3.15. The van der Waals surface area contributed by atoms with Crippen LogP contribution in [0.1, 0.15) is 29.8 Å². The van der Waals surface area contributed by atoms with Gasteiger partial charge in [-0.25, -0.2) is 9.97 Å². The summed E-state index contributed by atoms with van der Waals surface area (Å²) in [6.07, 6.45) is 4.34. The number of anilines is 1. The van der Waals surface area contributed by atoms with Crippen molar-refractivity contribution in [3.05, 3.63) is 17.0 Å². The molecule has 21 heavy (non-hydrogen) atoms. The van der Waals surface area contributed by atoms with Gasteiger partial charge in [-0.3, -0.25) is 0 Å². The molecular weight excluding hydrogens is 266 g/mol. The Bertz CT molecular complexity index is 563. The molecule has 5 nitrogen and oxygen atoms in total. The zero-order valence-corrected chi connectivity index (χ0v) is 12.6. The summed E-state index contributed by atoms with van der Waals surface area (Å²) >= 11 is 0. The van der Waals surface area contributed by atoms with Crippen LogP contribution in [0.15, 0.2) is 0 Å². The molecule has 1 N–H and O–H groups in total. The summed E-state index contributed by atoms with van der Waals surface area (Å²) in [5.74, 6) is 1.25. The zero-order valence-electron chi connectivity index (χ0n) is 12.6. The van der Waals surface area contributed by atoms with E-state index in [1.165, 1.54) is 17.7 Å². The third-order valence-electron chi connectivity index (χ3n) is 5.60. The largest absolute Gasteiger partial charge is 0.396 e. The predicted octanol–water partition coefficient (Wildman–Crippen LogP) is 1.11. The molecule has 1 aromatic rings. The predicted molar refractivity (Wildman–Crippen MR) is 79.5 cm³/mol. The van der Waals surface area contributed by atoms with Crippen LogP contribution in [-0.4, -0.2) is 48.0 Å². The molecule has 4 rings (SSSR count). The number of hydrogen-bond acceptors (Lipinski definition) is 5. The van der Waals surface area contributed by atoms with Crippen molar-refractivity contribution in [2.75, 3.05) is 37.8 Å². The molecule has 2 atom stereocenters. The third kappa shape index (κ3) is 2.06. The van der Waals surface area contributed by atoms with Gasteiger partial charge in [0.15, 0.2) is 0 Å². The Morgan fingerprint density at radius 2 is 2.29 bits per heavy atom. The number of aliphatic hydroxyl groups excluding tert-OH is 1. The molecule has 0 spiro atoms. The van der Waals surface area contributed by atoms with Gasteiger partial charge in [-0.1, -0.05) is 0 Å². The average Bonchev–Trinajstić information content (AvgIpc) is 3.11. The topological polar surface area (TPSA) is 58.5 Å². The lowest BCUT2D eigenvalue weighted by Gasteiger charge is -2.36. The highest BCUT2D eigenvalue weighted by atomic mass is 16.5. The van der Waals surface area contributed by atoms with Gasteiger partial charge >= 0.3 is 0 Å². The zero-order chi connectivity index (χ0) is 14.4. The Hall–Kier alpha value is -1.20. The number of aliphatic hydroxyl groups is 1. The third-order valence-corrected chi connectivity index (χ3v) is 5.60. The second-order valence-corrected chi connectivity index (χ2v) is 6.81. The number of aromatic nitrogens is 2. The number of hydrogen-bond donors (Lipinski definition) is 1. The number of ether oxygens (including phenoxy) is 1. The number of rotatable bonds is 2. The molecule has 0 unspecified atom stereocenters. The highest BCUT2D eigenvalue weighted by molar-refractivity contribution is 5.41. The molecule has 3 aliphatic rings. The van der Waals surface area contributed by atoms with Crippen LogP contribution in [-0.2, 0) is 17.6 Å². The summed E-state index contributed by atoms with van der Waals surface area (Å²) in [7, 11) is 0. The van der Waals surface area contributed by atoms with E-state index >= 15 is 0 Å². The van der Waals surface area contributed by atoms with Gasteiger partial charge < -0.3 is 14.7 Å². The minimum absolute atomic E-state index is 0.0193. The van der Waals surface area contributed by atoms with E-state index < -0.39 is 0 Å². The lowest BCUT2D eigenvalue weighted by Crippen LogP contribution is -2.41. The maximum absolute atomic E-state index is 9.90. The quantitative estimate of drug-likeness (QED) is 0.884. The SMILES string of the molecule is Cc1nc(N2C[C@@H]3COCC[C@]3(CO)C2)nc2c1CCC2. The van der Waals surface area contributed by atoms with E-state index in [0.717, 1.165) is 57.2 Å². The minimum atomic E-state index is -0.0193. The first-order valence-corrected chi connectivity index (χ1v) is 8.02. The van der Waals surface area contributed by atoms with Gasteiger partial charge in [-0.05, 0) is 38.2 Å². The molecule has 1 aliphatic carbocycles. The van der Waals surface area contributed by atoms with Gasteiger partial charge in [-0.15, -0.1) is 0 Å². The van der Waals surface area contributed by atoms with E-state index in [1.54, 1.807) is 0 Å². The van der Waals surface area contributed by atoms with Gasteiger partial charge in [0.05, 0.1) is 13.2 Å². The number of nitrogens with zero attached hydrogens (tertiary/aromatic N) is 3. The lowest BCUT2D eigenvalue weighted by molar-refractivity contribution is -0.0410. The summed E-state index contributed by atoms with van der Waals surface area (Å²) in [5.41, 5.74) is 3.71. The van der Waals surface area contributed by atoms with Crippen LogP contribution < -0.4 is 4.90 Å². The van der Waals surface area contributed by atoms with Gasteiger partial charge in [0.2, 0.25) is 5.95 Å². The van der Waals surface area contributed by atoms with E-state index in [4.69, 9.17) is 14.7 Å². The van der Waals surface area contributed by atoms with Gasteiger partial charge in [0.1, 0.15) is 0 Å². The van der Waals surface area contributed by atoms with Gasteiger partial charge in [-0.2, -0.15) is 0 Å². The lowest BCUT2D eigenvalue weighted by atomic mass is 9.75. The Morgan fingerprint density at radius 3 is 3.10 bits per heavy atom. The Balaban J connectivity index is 1.65. The summed E-state index contributed by atoms with van der Waals surface area (Å²) < 4.78 is 5.61. The maximum Gasteiger partial charge on any atom is 0.225 e. The van der Waals surface area contributed by atoms with Crippen molar-refractivity contribution in [3.63, 3.8) is 0 Å².